The summed E-state index contributed by atoms with van der Waals surface area (Å²) in [6.45, 7) is 0.372. The molecule has 0 atom stereocenters. The number of amides is 2. The van der Waals surface area contributed by atoms with E-state index in [2.05, 4.69) is 5.32 Å². The Hall–Kier alpha value is -3.73. The summed E-state index contributed by atoms with van der Waals surface area (Å²) in [5.41, 5.74) is 2.83. The van der Waals surface area contributed by atoms with Crippen LogP contribution < -0.4 is 5.32 Å². The fraction of sp³-hybridized carbons (Fsp3) is 0.192. The maximum absolute atomic E-state index is 13.1. The number of hydrogen-bond acceptors (Lipinski definition) is 3. The highest BCUT2D eigenvalue weighted by Crippen LogP contribution is 2.20. The number of carbonyl (C=O) groups is 3. The van der Waals surface area contributed by atoms with Crippen LogP contribution in [0.5, 0.6) is 0 Å². The van der Waals surface area contributed by atoms with Crippen LogP contribution in [0.3, 0.4) is 0 Å². The molecule has 1 N–H and O–H groups in total. The lowest BCUT2D eigenvalue weighted by molar-refractivity contribution is 0.0780. The van der Waals surface area contributed by atoms with E-state index < -0.39 is 0 Å². The minimum Gasteiger partial charge on any atom is -0.349 e. The Morgan fingerprint density at radius 2 is 1.42 bits per heavy atom. The van der Waals surface area contributed by atoms with Crippen molar-refractivity contribution in [2.45, 2.75) is 25.4 Å². The minimum atomic E-state index is -0.226. The molecule has 5 heteroatoms. The predicted molar refractivity (Wildman–Crippen MR) is 119 cm³/mol. The van der Waals surface area contributed by atoms with E-state index in [-0.39, 0.29) is 17.6 Å². The zero-order valence-electron chi connectivity index (χ0n) is 17.4. The van der Waals surface area contributed by atoms with Gasteiger partial charge in [0.25, 0.3) is 11.8 Å². The van der Waals surface area contributed by atoms with Gasteiger partial charge in [-0.1, -0.05) is 60.7 Å². The third-order valence-electron chi connectivity index (χ3n) is 5.33. The predicted octanol–water partition coefficient (Wildman–Crippen LogP) is 4.08. The van der Waals surface area contributed by atoms with Crippen LogP contribution in [0.1, 0.15) is 55.0 Å². The van der Waals surface area contributed by atoms with Crippen molar-refractivity contribution in [2.24, 2.45) is 0 Å². The zero-order chi connectivity index (χ0) is 21.8. The first kappa shape index (κ1) is 20.5. The fourth-order valence-corrected chi connectivity index (χ4v) is 3.42. The molecule has 31 heavy (non-hydrogen) atoms. The summed E-state index contributed by atoms with van der Waals surface area (Å²) < 4.78 is 0. The van der Waals surface area contributed by atoms with Crippen molar-refractivity contribution in [3.05, 3.63) is 107 Å². The van der Waals surface area contributed by atoms with Crippen molar-refractivity contribution in [1.82, 2.24) is 10.2 Å². The lowest BCUT2D eigenvalue weighted by Gasteiger charge is -2.19. The van der Waals surface area contributed by atoms with E-state index in [1.807, 2.05) is 18.2 Å². The highest BCUT2D eigenvalue weighted by molar-refractivity contribution is 6.15. The highest BCUT2D eigenvalue weighted by atomic mass is 16.2. The van der Waals surface area contributed by atoms with Crippen LogP contribution in [0.25, 0.3) is 0 Å². The number of nitrogens with one attached hydrogen (secondary N) is 1. The summed E-state index contributed by atoms with van der Waals surface area (Å²) in [5.74, 6) is -0.466. The van der Waals surface area contributed by atoms with E-state index in [0.29, 0.717) is 34.8 Å². The van der Waals surface area contributed by atoms with Crippen molar-refractivity contribution in [1.29, 1.82) is 0 Å². The van der Waals surface area contributed by atoms with E-state index >= 15 is 0 Å². The van der Waals surface area contributed by atoms with Crippen LogP contribution in [-0.2, 0) is 6.54 Å². The Labute approximate surface area is 181 Å². The topological polar surface area (TPSA) is 66.5 Å². The molecule has 1 aliphatic carbocycles. The van der Waals surface area contributed by atoms with Crippen LogP contribution in [0.4, 0.5) is 0 Å². The molecule has 0 aromatic heterocycles. The van der Waals surface area contributed by atoms with Crippen molar-refractivity contribution in [2.75, 3.05) is 7.05 Å². The van der Waals surface area contributed by atoms with Gasteiger partial charge >= 0.3 is 0 Å². The first-order valence-corrected chi connectivity index (χ1v) is 10.4. The molecule has 2 amide bonds. The molecule has 5 nitrogen and oxygen atoms in total. The van der Waals surface area contributed by atoms with Crippen LogP contribution in [0.15, 0.2) is 78.9 Å². The van der Waals surface area contributed by atoms with Gasteiger partial charge in [0.1, 0.15) is 0 Å². The van der Waals surface area contributed by atoms with Gasteiger partial charge in [-0.25, -0.2) is 0 Å². The summed E-state index contributed by atoms with van der Waals surface area (Å²) in [6.07, 6.45) is 2.09. The highest BCUT2D eigenvalue weighted by Gasteiger charge is 2.24. The molecule has 0 radical (unpaired) electrons. The van der Waals surface area contributed by atoms with Gasteiger partial charge in [0, 0.05) is 36.3 Å². The second-order valence-corrected chi connectivity index (χ2v) is 7.85. The third-order valence-corrected chi connectivity index (χ3v) is 5.33. The average molecular weight is 412 g/mol. The summed E-state index contributed by atoms with van der Waals surface area (Å²) >= 11 is 0. The van der Waals surface area contributed by atoms with Crippen molar-refractivity contribution in [3.63, 3.8) is 0 Å². The molecule has 3 aromatic rings. The maximum atomic E-state index is 13.1. The molecule has 1 saturated carbocycles. The third kappa shape index (κ3) is 4.89. The van der Waals surface area contributed by atoms with Gasteiger partial charge in [0.15, 0.2) is 5.78 Å². The molecule has 0 spiro atoms. The molecular formula is C26H24N2O3. The minimum absolute atomic E-state index is 0.0631. The average Bonchev–Trinajstić information content (AvgIpc) is 3.63. The van der Waals surface area contributed by atoms with E-state index in [4.69, 9.17) is 0 Å². The Morgan fingerprint density at radius 3 is 2.06 bits per heavy atom. The van der Waals surface area contributed by atoms with E-state index in [0.717, 1.165) is 18.4 Å². The van der Waals surface area contributed by atoms with Crippen LogP contribution in [-0.4, -0.2) is 35.6 Å². The molecule has 0 saturated heterocycles. The number of ketones is 1. The maximum Gasteiger partial charge on any atom is 0.254 e. The van der Waals surface area contributed by atoms with E-state index in [1.54, 1.807) is 72.6 Å². The summed E-state index contributed by atoms with van der Waals surface area (Å²) in [4.78, 5) is 39.8. The Morgan fingerprint density at radius 1 is 0.806 bits per heavy atom. The molecular weight excluding hydrogens is 388 g/mol. The Kier molecular flexibility index (Phi) is 5.94. The molecule has 0 aliphatic heterocycles. The molecule has 0 heterocycles. The molecule has 156 valence electrons. The van der Waals surface area contributed by atoms with Crippen molar-refractivity contribution < 1.29 is 14.4 Å². The van der Waals surface area contributed by atoms with Gasteiger partial charge in [-0.3, -0.25) is 14.4 Å². The summed E-state index contributed by atoms with van der Waals surface area (Å²) in [5, 5.41) is 2.96. The molecule has 1 fully saturated rings. The summed E-state index contributed by atoms with van der Waals surface area (Å²) in [6, 6.07) is 23.4. The number of benzene rings is 3. The quantitative estimate of drug-likeness (QED) is 0.595. The lowest BCUT2D eigenvalue weighted by atomic mass is 9.97. The van der Waals surface area contributed by atoms with Crippen molar-refractivity contribution in [3.8, 4) is 0 Å². The molecule has 3 aromatic carbocycles. The zero-order valence-corrected chi connectivity index (χ0v) is 17.4. The van der Waals surface area contributed by atoms with Gasteiger partial charge in [-0.15, -0.1) is 0 Å². The molecule has 0 bridgehead atoms. The first-order chi connectivity index (χ1) is 15.0. The number of hydrogen-bond donors (Lipinski definition) is 1. The van der Waals surface area contributed by atoms with E-state index in [9.17, 15) is 14.4 Å². The fourth-order valence-electron chi connectivity index (χ4n) is 3.42. The van der Waals surface area contributed by atoms with E-state index in [1.165, 1.54) is 0 Å². The van der Waals surface area contributed by atoms with Gasteiger partial charge < -0.3 is 10.2 Å². The monoisotopic (exact) mass is 412 g/mol. The van der Waals surface area contributed by atoms with Gasteiger partial charge in [-0.2, -0.15) is 0 Å². The second-order valence-electron chi connectivity index (χ2n) is 7.85. The van der Waals surface area contributed by atoms with Gasteiger partial charge in [-0.05, 0) is 36.6 Å². The Bertz CT molecular complexity index is 1100. The van der Waals surface area contributed by atoms with Crippen LogP contribution >= 0.6 is 0 Å². The lowest BCUT2D eigenvalue weighted by Crippen LogP contribution is -2.28. The number of carbonyl (C=O) groups excluding carboxylic acids is 3. The van der Waals surface area contributed by atoms with Gasteiger partial charge in [0.05, 0.1) is 5.56 Å². The van der Waals surface area contributed by atoms with Crippen LogP contribution in [0, 0.1) is 0 Å². The van der Waals surface area contributed by atoms with Gasteiger partial charge in [0.2, 0.25) is 0 Å². The second kappa shape index (κ2) is 8.96. The molecule has 1 aliphatic rings. The number of rotatable bonds is 7. The molecule has 4 rings (SSSR count). The smallest absolute Gasteiger partial charge is 0.254 e. The SMILES string of the molecule is CN(Cc1ccc(C(=O)NC2CC2)cc1)C(=O)c1ccccc1C(=O)c1ccccc1. The summed E-state index contributed by atoms with van der Waals surface area (Å²) in [7, 11) is 1.71. The Balaban J connectivity index is 1.47. The van der Waals surface area contributed by atoms with Crippen LogP contribution in [0.2, 0.25) is 0 Å². The number of nitrogens with zero attached hydrogens (tertiary/aromatic N) is 1. The van der Waals surface area contributed by atoms with Crippen molar-refractivity contribution >= 4 is 17.6 Å². The largest absolute Gasteiger partial charge is 0.349 e. The standard InChI is InChI=1S/C26H24N2O3/c1-28(17-18-11-13-20(14-12-18)25(30)27-21-15-16-21)26(31)23-10-6-5-9-22(23)24(29)19-7-3-2-4-8-19/h2-14,21H,15-17H2,1H3,(H,27,30). The molecule has 0 unspecified atom stereocenters. The first-order valence-electron chi connectivity index (χ1n) is 10.4. The normalized spacial score (nSPS) is 12.8.